The second-order valence-corrected chi connectivity index (χ2v) is 4.00. The molecule has 26 heavy (non-hydrogen) atoms. The van der Waals surface area contributed by atoms with Gasteiger partial charge in [0, 0.05) is 73.0 Å². The highest BCUT2D eigenvalue weighted by Crippen LogP contribution is 2.07. The van der Waals surface area contributed by atoms with E-state index < -0.39 is 0 Å². The molecule has 0 aliphatic carbocycles. The first-order chi connectivity index (χ1) is 12.9. The molecule has 0 aromatic carbocycles. The van der Waals surface area contributed by atoms with Gasteiger partial charge in [-0.15, -0.1) is 6.42 Å². The number of rotatable bonds is 5. The van der Waals surface area contributed by atoms with Gasteiger partial charge in [0.2, 0.25) is 0 Å². The summed E-state index contributed by atoms with van der Waals surface area (Å²) in [7, 11) is 0. The normalized spacial score (nSPS) is 10.8. The Labute approximate surface area is 181 Å². The van der Waals surface area contributed by atoms with Crippen LogP contribution in [-0.2, 0) is 14.2 Å². The molecule has 0 bridgehead atoms. The molecule has 0 aromatic rings. The Morgan fingerprint density at radius 3 is 1.65 bits per heavy atom. The van der Waals surface area contributed by atoms with Gasteiger partial charge in [-0.25, -0.2) is 0 Å². The van der Waals surface area contributed by atoms with Crippen LogP contribution in [0.5, 0.6) is 0 Å². The van der Waals surface area contributed by atoms with Gasteiger partial charge in [0.1, 0.15) is 18.8 Å². The van der Waals surface area contributed by atoms with Crippen molar-refractivity contribution in [2.75, 3.05) is 26.4 Å². The monoisotopic (exact) mass is 370 g/mol. The van der Waals surface area contributed by atoms with Gasteiger partial charge in [0.15, 0.2) is 0 Å². The maximum Gasteiger partial charge on any atom is 0.124 e. The number of ether oxygens (including phenoxy) is 3. The van der Waals surface area contributed by atoms with Crippen molar-refractivity contribution in [3.63, 3.8) is 0 Å². The predicted molar refractivity (Wildman–Crippen MR) is 136 cm³/mol. The Kier molecular flexibility index (Phi) is 11.9. The Morgan fingerprint density at radius 2 is 1.19 bits per heavy atom. The fourth-order valence-electron chi connectivity index (χ4n) is 1.03. The molecule has 0 amide bonds. The lowest BCUT2D eigenvalue weighted by molar-refractivity contribution is 0.0800. The van der Waals surface area contributed by atoms with Crippen molar-refractivity contribution in [2.45, 2.75) is 6.10 Å². The van der Waals surface area contributed by atoms with Crippen molar-refractivity contribution < 1.29 is 39.9 Å². The van der Waals surface area contributed by atoms with Gasteiger partial charge >= 0.3 is 0 Å². The van der Waals surface area contributed by atoms with Crippen LogP contribution in [-0.4, -0.2) is 32.5 Å². The zero-order chi connectivity index (χ0) is 18.5. The molecule has 0 aromatic heterocycles. The van der Waals surface area contributed by atoms with Gasteiger partial charge < -0.3 is 14.2 Å². The van der Waals surface area contributed by atoms with Crippen LogP contribution in [0.3, 0.4) is 0 Å². The molecular formula is C23H46O3. The Morgan fingerprint density at radius 1 is 0.731 bits per heavy atom. The molecule has 3 heteroatoms. The van der Waals surface area contributed by atoms with Crippen LogP contribution in [0.2, 0.25) is 0 Å². The summed E-state index contributed by atoms with van der Waals surface area (Å²) in [6, 6.07) is 0. The van der Waals surface area contributed by atoms with Crippen LogP contribution < -0.4 is 0 Å². The minimum absolute atomic E-state index is 0. The molecule has 0 radical (unpaired) electrons. The van der Waals surface area contributed by atoms with Gasteiger partial charge in [0.25, 0.3) is 0 Å². The van der Waals surface area contributed by atoms with Crippen LogP contribution in [0.4, 0.5) is 0 Å². The second-order valence-electron chi connectivity index (χ2n) is 4.00. The highest BCUT2D eigenvalue weighted by molar-refractivity contribution is 5.46. The van der Waals surface area contributed by atoms with Gasteiger partial charge in [-0.05, 0) is 47.4 Å². The molecule has 0 N–H and O–H groups in total. The smallest absolute Gasteiger partial charge is 0.124 e. The summed E-state index contributed by atoms with van der Waals surface area (Å²) in [5.74, 6) is 39.3. The second kappa shape index (κ2) is 15.6. The molecular weight excluding hydrogens is 324 g/mol. The molecule has 1 atom stereocenters. The lowest BCUT2D eigenvalue weighted by Gasteiger charge is -1.98. The summed E-state index contributed by atoms with van der Waals surface area (Å²) in [6.07, 6.45) is 7.60. The van der Waals surface area contributed by atoms with Gasteiger partial charge in [-0.1, -0.05) is 0 Å². The van der Waals surface area contributed by atoms with Crippen LogP contribution in [0.15, 0.2) is 0 Å². The highest BCUT2D eigenvalue weighted by Gasteiger charge is 2.21. The van der Waals surface area contributed by atoms with E-state index >= 15 is 0 Å². The van der Waals surface area contributed by atoms with Crippen LogP contribution in [0, 0.1) is 107 Å². The summed E-state index contributed by atoms with van der Waals surface area (Å²) in [5.41, 5.74) is 0. The summed E-state index contributed by atoms with van der Waals surface area (Å²) in [5, 5.41) is 0. The Hall–Kier alpha value is -4.24. The van der Waals surface area contributed by atoms with E-state index in [1.54, 1.807) is 0 Å². The fourth-order valence-corrected chi connectivity index (χ4v) is 1.03. The fraction of sp³-hybridized carbons (Fsp3) is 0.217. The van der Waals surface area contributed by atoms with Crippen molar-refractivity contribution in [2.24, 2.45) is 0 Å². The molecule has 1 aliphatic heterocycles. The SMILES string of the molecule is C#CC#CC#CC#CC#CC#CC#CC#CC#COCCOCC1CO1.[HH].[HH].[HH].[HH].[HH].[HH].[HH].[HH].[HH].[HH].[HH].[HH].[HH].[HH].[HH].[HH].[HH].[HH]. The van der Waals surface area contributed by atoms with E-state index in [4.69, 9.17) is 20.6 Å². The third-order valence-corrected chi connectivity index (χ3v) is 2.11. The minimum Gasteiger partial charge on any atom is -0.443 e. The summed E-state index contributed by atoms with van der Waals surface area (Å²) < 4.78 is 15.2. The lowest BCUT2D eigenvalue weighted by atomic mass is 10.5. The van der Waals surface area contributed by atoms with Crippen molar-refractivity contribution >= 4 is 0 Å². The quantitative estimate of drug-likeness (QED) is 0.406. The maximum absolute atomic E-state index is 5.26. The number of epoxide rings is 1. The van der Waals surface area contributed by atoms with Crippen LogP contribution in [0.1, 0.15) is 25.7 Å². The minimum atomic E-state index is 0. The number of terminal acetylenes is 1. The molecule has 1 fully saturated rings. The standard InChI is InChI=1S/C23H10O3.18H2/c1-2-3-4-5-6-7-8-9-10-11-12-13-14-15-16-17-18-24-19-20-25-21-23-22-26-23;;;;;;;;;;;;;;;;;;/h1,23H,19-22H2;18*1H. The molecule has 0 saturated carbocycles. The van der Waals surface area contributed by atoms with Gasteiger partial charge in [0.05, 0.1) is 19.8 Å². The van der Waals surface area contributed by atoms with E-state index in [1.807, 2.05) is 0 Å². The van der Waals surface area contributed by atoms with Crippen molar-refractivity contribution in [1.29, 1.82) is 0 Å². The number of hydrogen-bond acceptors (Lipinski definition) is 3. The summed E-state index contributed by atoms with van der Waals surface area (Å²) >= 11 is 0. The van der Waals surface area contributed by atoms with E-state index in [1.165, 1.54) is 0 Å². The van der Waals surface area contributed by atoms with Crippen LogP contribution >= 0.6 is 0 Å². The van der Waals surface area contributed by atoms with E-state index in [9.17, 15) is 0 Å². The molecule has 3 nitrogen and oxygen atoms in total. The third kappa shape index (κ3) is 14.7. The first kappa shape index (κ1) is 19.8. The molecule has 1 heterocycles. The molecule has 1 rings (SSSR count). The molecule has 0 spiro atoms. The van der Waals surface area contributed by atoms with Gasteiger partial charge in [-0.2, -0.15) is 0 Å². The maximum atomic E-state index is 5.26. The third-order valence-electron chi connectivity index (χ3n) is 2.11. The summed E-state index contributed by atoms with van der Waals surface area (Å²) in [6.45, 7) is 2.22. The van der Waals surface area contributed by atoms with Crippen molar-refractivity contribution in [1.82, 2.24) is 0 Å². The van der Waals surface area contributed by atoms with E-state index in [2.05, 4.69) is 101 Å². The molecule has 1 unspecified atom stereocenters. The molecule has 156 valence electrons. The van der Waals surface area contributed by atoms with E-state index in [-0.39, 0.29) is 31.8 Å². The lowest BCUT2D eigenvalue weighted by Crippen LogP contribution is -2.06. The van der Waals surface area contributed by atoms with Crippen molar-refractivity contribution in [3.05, 3.63) is 0 Å². The first-order valence-corrected chi connectivity index (χ1v) is 7.20. The Balaban J connectivity index is -0.0000000235. The number of hydrogen-bond donors (Lipinski definition) is 0. The largest absolute Gasteiger partial charge is 0.443 e. The van der Waals surface area contributed by atoms with Gasteiger partial charge in [-0.3, -0.25) is 0 Å². The first-order valence-electron chi connectivity index (χ1n) is 7.20. The highest BCUT2D eigenvalue weighted by atomic mass is 16.6. The van der Waals surface area contributed by atoms with E-state index in [0.717, 1.165) is 6.61 Å². The Bertz CT molecular complexity index is 1070. The zero-order valence-electron chi connectivity index (χ0n) is 13.7. The summed E-state index contributed by atoms with van der Waals surface area (Å²) in [4.78, 5) is 0. The average molecular weight is 371 g/mol. The average Bonchev–Trinajstić information content (AvgIpc) is 3.47. The zero-order valence-corrected chi connectivity index (χ0v) is 13.7. The molecule has 1 saturated heterocycles. The predicted octanol–water partition coefficient (Wildman–Crippen LogP) is 4.46. The molecule has 1 aliphatic rings. The van der Waals surface area contributed by atoms with E-state index in [0.29, 0.717) is 19.8 Å². The van der Waals surface area contributed by atoms with Crippen LogP contribution in [0.25, 0.3) is 0 Å². The topological polar surface area (TPSA) is 31.0 Å². The van der Waals surface area contributed by atoms with Crippen molar-refractivity contribution in [3.8, 4) is 107 Å².